The van der Waals surface area contributed by atoms with Crippen LogP contribution in [0.25, 0.3) is 0 Å². The van der Waals surface area contributed by atoms with E-state index >= 15 is 0 Å². The maximum Gasteiger partial charge on any atom is 0.193 e. The molecule has 0 saturated carbocycles. The lowest BCUT2D eigenvalue weighted by Gasteiger charge is -2.34. The van der Waals surface area contributed by atoms with E-state index in [-0.39, 0.29) is 6.61 Å². The lowest BCUT2D eigenvalue weighted by molar-refractivity contribution is 0.00989. The highest BCUT2D eigenvalue weighted by Gasteiger charge is 2.21. The van der Waals surface area contributed by atoms with Crippen LogP contribution < -0.4 is 5.32 Å². The van der Waals surface area contributed by atoms with Crippen molar-refractivity contribution in [2.75, 3.05) is 53.1 Å². The molecular formula is C14H29N3O3. The van der Waals surface area contributed by atoms with Gasteiger partial charge in [-0.05, 0) is 26.2 Å². The predicted octanol–water partition coefficient (Wildman–Crippen LogP) is 0.462. The van der Waals surface area contributed by atoms with E-state index in [0.717, 1.165) is 58.1 Å². The van der Waals surface area contributed by atoms with Crippen LogP contribution >= 0.6 is 0 Å². The number of methoxy groups -OCH3 is 1. The molecule has 1 fully saturated rings. The Morgan fingerprint density at radius 3 is 2.70 bits per heavy atom. The van der Waals surface area contributed by atoms with Crippen LogP contribution in [-0.2, 0) is 9.47 Å². The summed E-state index contributed by atoms with van der Waals surface area (Å²) in [6, 6.07) is 0. The van der Waals surface area contributed by atoms with Crippen LogP contribution in [0.4, 0.5) is 0 Å². The van der Waals surface area contributed by atoms with Crippen LogP contribution in [0, 0.1) is 0 Å². The van der Waals surface area contributed by atoms with Crippen LogP contribution in [0.2, 0.25) is 0 Å². The molecule has 6 heteroatoms. The van der Waals surface area contributed by atoms with Crippen molar-refractivity contribution in [2.45, 2.75) is 32.3 Å². The maximum atomic E-state index is 8.88. The molecule has 0 atom stereocenters. The quantitative estimate of drug-likeness (QED) is 0.386. The van der Waals surface area contributed by atoms with Gasteiger partial charge in [0.05, 0.1) is 19.3 Å². The molecule has 1 rings (SSSR count). The third-order valence-electron chi connectivity index (χ3n) is 3.28. The predicted molar refractivity (Wildman–Crippen MR) is 80.1 cm³/mol. The number of rotatable bonds is 8. The number of aliphatic hydroxyl groups is 1. The van der Waals surface area contributed by atoms with Gasteiger partial charge in [0.25, 0.3) is 0 Å². The number of nitrogens with one attached hydrogen (secondary N) is 1. The van der Waals surface area contributed by atoms with Gasteiger partial charge in [0.15, 0.2) is 5.96 Å². The Morgan fingerprint density at radius 1 is 1.35 bits per heavy atom. The summed E-state index contributed by atoms with van der Waals surface area (Å²) < 4.78 is 10.9. The maximum absolute atomic E-state index is 8.88. The van der Waals surface area contributed by atoms with Crippen LogP contribution in [0.1, 0.15) is 26.2 Å². The Morgan fingerprint density at radius 2 is 2.10 bits per heavy atom. The van der Waals surface area contributed by atoms with Crippen LogP contribution in [0.5, 0.6) is 0 Å². The number of ether oxygens (including phenoxy) is 2. The van der Waals surface area contributed by atoms with E-state index < -0.39 is 0 Å². The summed E-state index contributed by atoms with van der Waals surface area (Å²) in [5.41, 5.74) is 0. The second-order valence-corrected chi connectivity index (χ2v) is 4.86. The number of likely N-dealkylation sites (tertiary alicyclic amines) is 1. The third kappa shape index (κ3) is 6.54. The third-order valence-corrected chi connectivity index (χ3v) is 3.28. The molecule has 0 bridgehead atoms. The molecule has 2 N–H and O–H groups in total. The fourth-order valence-corrected chi connectivity index (χ4v) is 2.27. The highest BCUT2D eigenvalue weighted by Crippen LogP contribution is 2.14. The highest BCUT2D eigenvalue weighted by atomic mass is 16.5. The van der Waals surface area contributed by atoms with Gasteiger partial charge in [0.2, 0.25) is 0 Å². The SMILES string of the molecule is CCNC(=NCCO)N1CCC(OCCCOC)CC1. The lowest BCUT2D eigenvalue weighted by Crippen LogP contribution is -2.47. The van der Waals surface area contributed by atoms with Crippen molar-refractivity contribution in [3.63, 3.8) is 0 Å². The molecule has 1 heterocycles. The van der Waals surface area contributed by atoms with E-state index in [1.54, 1.807) is 7.11 Å². The molecule has 6 nitrogen and oxygen atoms in total. The Balaban J connectivity index is 2.28. The minimum atomic E-state index is 0.0912. The molecular weight excluding hydrogens is 258 g/mol. The molecule has 0 amide bonds. The number of piperidine rings is 1. The summed E-state index contributed by atoms with van der Waals surface area (Å²) in [6.07, 6.45) is 3.36. The molecule has 1 saturated heterocycles. The molecule has 0 aromatic rings. The first-order valence-corrected chi connectivity index (χ1v) is 7.56. The molecule has 0 radical (unpaired) electrons. The lowest BCUT2D eigenvalue weighted by atomic mass is 10.1. The second kappa shape index (κ2) is 10.9. The van der Waals surface area contributed by atoms with Gasteiger partial charge >= 0.3 is 0 Å². The summed E-state index contributed by atoms with van der Waals surface area (Å²) >= 11 is 0. The Labute approximate surface area is 122 Å². The van der Waals surface area contributed by atoms with Gasteiger partial charge in [-0.15, -0.1) is 0 Å². The van der Waals surface area contributed by atoms with Gasteiger partial charge in [-0.1, -0.05) is 0 Å². The Hall–Kier alpha value is -0.850. The molecule has 118 valence electrons. The monoisotopic (exact) mass is 287 g/mol. The van der Waals surface area contributed by atoms with Gasteiger partial charge in [-0.3, -0.25) is 4.99 Å². The van der Waals surface area contributed by atoms with Crippen molar-refractivity contribution in [2.24, 2.45) is 4.99 Å². The largest absolute Gasteiger partial charge is 0.394 e. The number of hydrogen-bond acceptors (Lipinski definition) is 4. The summed E-state index contributed by atoms with van der Waals surface area (Å²) in [4.78, 5) is 6.64. The Kier molecular flexibility index (Phi) is 9.36. The first-order valence-electron chi connectivity index (χ1n) is 7.56. The second-order valence-electron chi connectivity index (χ2n) is 4.86. The molecule has 0 aliphatic carbocycles. The van der Waals surface area contributed by atoms with E-state index in [9.17, 15) is 0 Å². The molecule has 1 aliphatic rings. The molecule has 20 heavy (non-hydrogen) atoms. The number of aliphatic imine (C=N–C) groups is 1. The molecule has 0 spiro atoms. The van der Waals surface area contributed by atoms with Crippen molar-refractivity contribution in [3.8, 4) is 0 Å². The molecule has 0 aromatic heterocycles. The summed E-state index contributed by atoms with van der Waals surface area (Å²) in [5, 5.41) is 12.2. The van der Waals surface area contributed by atoms with Gasteiger partial charge in [0.1, 0.15) is 0 Å². The van der Waals surface area contributed by atoms with E-state index in [0.29, 0.717) is 12.6 Å². The zero-order valence-electron chi connectivity index (χ0n) is 12.8. The van der Waals surface area contributed by atoms with E-state index in [4.69, 9.17) is 14.6 Å². The number of guanidine groups is 1. The standard InChI is InChI=1S/C14H29N3O3/c1-3-15-14(16-7-10-18)17-8-5-13(6-9-17)20-12-4-11-19-2/h13,18H,3-12H2,1-2H3,(H,15,16). The molecule has 0 aromatic carbocycles. The topological polar surface area (TPSA) is 66.3 Å². The fraction of sp³-hybridized carbons (Fsp3) is 0.929. The first kappa shape index (κ1) is 17.2. The normalized spacial score (nSPS) is 17.6. The number of aliphatic hydroxyl groups excluding tert-OH is 1. The van der Waals surface area contributed by atoms with Gasteiger partial charge in [-0.2, -0.15) is 0 Å². The molecule has 1 aliphatic heterocycles. The van der Waals surface area contributed by atoms with Crippen molar-refractivity contribution in [1.29, 1.82) is 0 Å². The minimum Gasteiger partial charge on any atom is -0.394 e. The van der Waals surface area contributed by atoms with Crippen molar-refractivity contribution in [1.82, 2.24) is 10.2 Å². The summed E-state index contributed by atoms with van der Waals surface area (Å²) in [6.45, 7) is 6.88. The van der Waals surface area contributed by atoms with Gasteiger partial charge < -0.3 is 24.8 Å². The van der Waals surface area contributed by atoms with Crippen LogP contribution in [0.15, 0.2) is 4.99 Å². The Bertz CT molecular complexity index is 266. The molecule has 0 unspecified atom stereocenters. The van der Waals surface area contributed by atoms with Gasteiger partial charge in [0, 0.05) is 40.0 Å². The van der Waals surface area contributed by atoms with Crippen molar-refractivity contribution in [3.05, 3.63) is 0 Å². The highest BCUT2D eigenvalue weighted by molar-refractivity contribution is 5.80. The fourth-order valence-electron chi connectivity index (χ4n) is 2.27. The first-order chi connectivity index (χ1) is 9.81. The van der Waals surface area contributed by atoms with Crippen molar-refractivity contribution < 1.29 is 14.6 Å². The van der Waals surface area contributed by atoms with E-state index in [1.165, 1.54) is 0 Å². The minimum absolute atomic E-state index is 0.0912. The van der Waals surface area contributed by atoms with Gasteiger partial charge in [-0.25, -0.2) is 0 Å². The van der Waals surface area contributed by atoms with Crippen LogP contribution in [-0.4, -0.2) is 75.2 Å². The average molecular weight is 287 g/mol. The van der Waals surface area contributed by atoms with Crippen molar-refractivity contribution >= 4 is 5.96 Å². The summed E-state index contributed by atoms with van der Waals surface area (Å²) in [7, 11) is 1.71. The van der Waals surface area contributed by atoms with E-state index in [2.05, 4.69) is 22.1 Å². The number of nitrogens with zero attached hydrogens (tertiary/aromatic N) is 2. The average Bonchev–Trinajstić information content (AvgIpc) is 2.49. The zero-order valence-corrected chi connectivity index (χ0v) is 12.8. The smallest absolute Gasteiger partial charge is 0.193 e. The summed E-state index contributed by atoms with van der Waals surface area (Å²) in [5.74, 6) is 0.902. The van der Waals surface area contributed by atoms with Crippen LogP contribution in [0.3, 0.4) is 0 Å². The van der Waals surface area contributed by atoms with E-state index in [1.807, 2.05) is 0 Å². The number of hydrogen-bond donors (Lipinski definition) is 2. The zero-order chi connectivity index (χ0) is 14.6.